The van der Waals surface area contributed by atoms with Crippen LogP contribution in [0.1, 0.15) is 41.8 Å². The molecule has 2 aliphatic rings. The van der Waals surface area contributed by atoms with Crippen LogP contribution >= 0.6 is 22.9 Å². The first kappa shape index (κ1) is 18.2. The molecule has 3 unspecified atom stereocenters. The lowest BCUT2D eigenvalue weighted by Gasteiger charge is -2.46. The minimum absolute atomic E-state index is 0.138. The Labute approximate surface area is 172 Å². The first-order valence-electron chi connectivity index (χ1n) is 9.52. The fraction of sp³-hybridized carbons (Fsp3) is 0.450. The second-order valence-electron chi connectivity index (χ2n) is 7.77. The van der Waals surface area contributed by atoms with Crippen molar-refractivity contribution in [3.05, 3.63) is 51.2 Å². The lowest BCUT2D eigenvalue weighted by molar-refractivity contribution is -0.0954. The third-order valence-electron chi connectivity index (χ3n) is 5.64. The monoisotopic (exact) mass is 415 g/mol. The standard InChI is InChI=1S/C20H22ClN5OS/c1-12-6-20(18-13(3-4-27-20)5-17(21)28-18)7-16(25-12)14-8-22-19(23-9-14)15-10-24-26(2)11-15/h5,8-12,16,25H,3-4,6-7H2,1-2H3. The molecule has 1 saturated heterocycles. The molecule has 0 aliphatic carbocycles. The van der Waals surface area contributed by atoms with Crippen LogP contribution in [0, 0.1) is 0 Å². The van der Waals surface area contributed by atoms with E-state index >= 15 is 0 Å². The molecule has 6 nitrogen and oxygen atoms in total. The van der Waals surface area contributed by atoms with Gasteiger partial charge in [-0.25, -0.2) is 9.97 Å². The molecule has 1 spiro atoms. The summed E-state index contributed by atoms with van der Waals surface area (Å²) in [7, 11) is 1.89. The molecule has 146 valence electrons. The Balaban J connectivity index is 1.45. The van der Waals surface area contributed by atoms with Crippen molar-refractivity contribution in [2.45, 2.75) is 43.9 Å². The highest BCUT2D eigenvalue weighted by atomic mass is 35.5. The van der Waals surface area contributed by atoms with E-state index in [0.29, 0.717) is 11.9 Å². The van der Waals surface area contributed by atoms with Gasteiger partial charge < -0.3 is 10.1 Å². The SMILES string of the molecule is CC1CC2(CC(c3cnc(-c4cnn(C)c4)nc3)N1)OCCc1cc(Cl)sc12. The Hall–Kier alpha value is -1.80. The average molecular weight is 416 g/mol. The Morgan fingerprint density at radius 2 is 2.11 bits per heavy atom. The molecule has 0 saturated carbocycles. The predicted octanol–water partition coefficient (Wildman–Crippen LogP) is 3.87. The number of thiophene rings is 1. The van der Waals surface area contributed by atoms with Crippen LogP contribution in [0.4, 0.5) is 0 Å². The van der Waals surface area contributed by atoms with Gasteiger partial charge in [0.15, 0.2) is 5.82 Å². The molecule has 3 aromatic rings. The van der Waals surface area contributed by atoms with Gasteiger partial charge in [-0.3, -0.25) is 4.68 Å². The maximum Gasteiger partial charge on any atom is 0.162 e. The Morgan fingerprint density at radius 1 is 1.29 bits per heavy atom. The molecule has 8 heteroatoms. The number of hydrogen-bond donors (Lipinski definition) is 1. The minimum atomic E-state index is -0.275. The van der Waals surface area contributed by atoms with Gasteiger partial charge in [-0.2, -0.15) is 5.10 Å². The fourth-order valence-corrected chi connectivity index (χ4v) is 5.94. The Morgan fingerprint density at radius 3 is 2.86 bits per heavy atom. The number of aryl methyl sites for hydroxylation is 1. The number of piperidine rings is 1. The van der Waals surface area contributed by atoms with E-state index < -0.39 is 0 Å². The summed E-state index contributed by atoms with van der Waals surface area (Å²) >= 11 is 8.01. The zero-order valence-electron chi connectivity index (χ0n) is 15.9. The number of aromatic nitrogens is 4. The molecular formula is C20H22ClN5OS. The van der Waals surface area contributed by atoms with Crippen LogP contribution in [0.15, 0.2) is 30.9 Å². The molecule has 28 heavy (non-hydrogen) atoms. The maximum absolute atomic E-state index is 6.42. The fourth-order valence-electron chi connectivity index (χ4n) is 4.48. The Bertz CT molecular complexity index is 1000. The first-order chi connectivity index (χ1) is 13.5. The highest BCUT2D eigenvalue weighted by Gasteiger charge is 2.46. The van der Waals surface area contributed by atoms with Gasteiger partial charge in [0.2, 0.25) is 0 Å². The summed E-state index contributed by atoms with van der Waals surface area (Å²) in [5, 5.41) is 7.89. The number of ether oxygens (including phenoxy) is 1. The highest BCUT2D eigenvalue weighted by molar-refractivity contribution is 7.16. The van der Waals surface area contributed by atoms with Gasteiger partial charge in [0, 0.05) is 54.6 Å². The van der Waals surface area contributed by atoms with E-state index in [4.69, 9.17) is 16.3 Å². The van der Waals surface area contributed by atoms with E-state index in [1.54, 1.807) is 22.2 Å². The maximum atomic E-state index is 6.42. The average Bonchev–Trinajstić information content (AvgIpc) is 3.27. The zero-order valence-corrected chi connectivity index (χ0v) is 17.4. The van der Waals surface area contributed by atoms with E-state index in [-0.39, 0.29) is 11.6 Å². The third kappa shape index (κ3) is 3.16. The minimum Gasteiger partial charge on any atom is -0.369 e. The highest BCUT2D eigenvalue weighted by Crippen LogP contribution is 2.49. The van der Waals surface area contributed by atoms with Crippen molar-refractivity contribution in [1.29, 1.82) is 0 Å². The summed E-state index contributed by atoms with van der Waals surface area (Å²) in [5.41, 5.74) is 3.07. The molecule has 0 bridgehead atoms. The van der Waals surface area contributed by atoms with Crippen LogP contribution in [0.2, 0.25) is 4.34 Å². The molecule has 3 atom stereocenters. The molecule has 5 heterocycles. The van der Waals surface area contributed by atoms with E-state index in [1.165, 1.54) is 10.4 Å². The zero-order chi connectivity index (χ0) is 19.3. The van der Waals surface area contributed by atoms with E-state index in [9.17, 15) is 0 Å². The topological polar surface area (TPSA) is 64.9 Å². The number of rotatable bonds is 2. The number of hydrogen-bond acceptors (Lipinski definition) is 6. The smallest absolute Gasteiger partial charge is 0.162 e. The molecular weight excluding hydrogens is 394 g/mol. The lowest BCUT2D eigenvalue weighted by atomic mass is 9.78. The van der Waals surface area contributed by atoms with Crippen molar-refractivity contribution in [2.24, 2.45) is 7.05 Å². The second kappa shape index (κ2) is 6.91. The summed E-state index contributed by atoms with van der Waals surface area (Å²) in [5.74, 6) is 0.691. The summed E-state index contributed by atoms with van der Waals surface area (Å²) in [6.45, 7) is 2.96. The van der Waals surface area contributed by atoms with Crippen molar-refractivity contribution >= 4 is 22.9 Å². The second-order valence-corrected chi connectivity index (χ2v) is 9.45. The van der Waals surface area contributed by atoms with Gasteiger partial charge in [-0.15, -0.1) is 11.3 Å². The number of nitrogens with one attached hydrogen (secondary N) is 1. The first-order valence-corrected chi connectivity index (χ1v) is 10.7. The molecule has 1 N–H and O–H groups in total. The van der Waals surface area contributed by atoms with Crippen LogP contribution in [0.5, 0.6) is 0 Å². The van der Waals surface area contributed by atoms with E-state index in [0.717, 1.165) is 41.3 Å². The van der Waals surface area contributed by atoms with E-state index in [1.807, 2.05) is 25.6 Å². The van der Waals surface area contributed by atoms with Gasteiger partial charge in [0.1, 0.15) is 5.60 Å². The van der Waals surface area contributed by atoms with Gasteiger partial charge in [0.25, 0.3) is 0 Å². The van der Waals surface area contributed by atoms with Crippen molar-refractivity contribution in [3.63, 3.8) is 0 Å². The molecule has 3 aromatic heterocycles. The van der Waals surface area contributed by atoms with Gasteiger partial charge in [-0.1, -0.05) is 11.6 Å². The van der Waals surface area contributed by atoms with Crippen molar-refractivity contribution in [1.82, 2.24) is 25.1 Å². The molecule has 2 aliphatic heterocycles. The van der Waals surface area contributed by atoms with Crippen LogP contribution < -0.4 is 5.32 Å². The molecule has 0 aromatic carbocycles. The normalized spacial score (nSPS) is 27.1. The number of fused-ring (bicyclic) bond motifs is 2. The summed E-state index contributed by atoms with van der Waals surface area (Å²) < 4.78 is 9.03. The summed E-state index contributed by atoms with van der Waals surface area (Å²) in [4.78, 5) is 10.5. The predicted molar refractivity (Wildman–Crippen MR) is 109 cm³/mol. The van der Waals surface area contributed by atoms with Crippen LogP contribution in [-0.4, -0.2) is 32.4 Å². The lowest BCUT2D eigenvalue weighted by Crippen LogP contribution is -2.49. The van der Waals surface area contributed by atoms with Crippen molar-refractivity contribution < 1.29 is 4.74 Å². The van der Waals surface area contributed by atoms with E-state index in [2.05, 4.69) is 33.4 Å². The quantitative estimate of drug-likeness (QED) is 0.688. The summed E-state index contributed by atoms with van der Waals surface area (Å²) in [6.07, 6.45) is 10.3. The molecule has 1 fully saturated rings. The van der Waals surface area contributed by atoms with Crippen molar-refractivity contribution in [3.8, 4) is 11.4 Å². The molecule has 0 amide bonds. The van der Waals surface area contributed by atoms with Crippen molar-refractivity contribution in [2.75, 3.05) is 6.61 Å². The number of halogens is 1. The molecule has 5 rings (SSSR count). The molecule has 0 radical (unpaired) electrons. The Kier molecular flexibility index (Phi) is 4.50. The van der Waals surface area contributed by atoms with Gasteiger partial charge in [0.05, 0.1) is 22.7 Å². The van der Waals surface area contributed by atoms with Gasteiger partial charge in [-0.05, 0) is 31.4 Å². The third-order valence-corrected chi connectivity index (χ3v) is 7.13. The van der Waals surface area contributed by atoms with Crippen LogP contribution in [0.3, 0.4) is 0 Å². The van der Waals surface area contributed by atoms with Crippen LogP contribution in [-0.2, 0) is 23.8 Å². The van der Waals surface area contributed by atoms with Gasteiger partial charge >= 0.3 is 0 Å². The number of nitrogens with zero attached hydrogens (tertiary/aromatic N) is 4. The van der Waals surface area contributed by atoms with Crippen LogP contribution in [0.25, 0.3) is 11.4 Å². The largest absolute Gasteiger partial charge is 0.369 e. The summed E-state index contributed by atoms with van der Waals surface area (Å²) in [6, 6.07) is 2.57.